The maximum atomic E-state index is 14.3. The molecule has 2 rings (SSSR count). The molecule has 1 N–H and O–H groups in total. The predicted octanol–water partition coefficient (Wildman–Crippen LogP) is 2.84. The Hall–Kier alpha value is -2.70. The number of anilines is 1. The van der Waals surface area contributed by atoms with E-state index < -0.39 is 36.7 Å². The normalized spacial score (nSPS) is 11.9. The van der Waals surface area contributed by atoms with Gasteiger partial charge in [-0.05, 0) is 43.3 Å². The smallest absolute Gasteiger partial charge is 0.337 e. The van der Waals surface area contributed by atoms with Gasteiger partial charge in [-0.3, -0.25) is 4.72 Å². The molecule has 2 aromatic carbocycles. The van der Waals surface area contributed by atoms with Crippen molar-refractivity contribution in [3.8, 4) is 5.75 Å². The number of rotatable bonds is 10. The van der Waals surface area contributed by atoms with Crippen LogP contribution in [0.2, 0.25) is 0 Å². The van der Waals surface area contributed by atoms with E-state index in [0.29, 0.717) is 0 Å². The molecule has 0 fully saturated rings. The van der Waals surface area contributed by atoms with Gasteiger partial charge in [-0.2, -0.15) is 4.31 Å². The van der Waals surface area contributed by atoms with Gasteiger partial charge >= 0.3 is 5.97 Å². The van der Waals surface area contributed by atoms with Crippen molar-refractivity contribution in [1.29, 1.82) is 0 Å². The van der Waals surface area contributed by atoms with Gasteiger partial charge in [-0.1, -0.05) is 13.8 Å². The summed E-state index contributed by atoms with van der Waals surface area (Å²) < 4.78 is 79.2. The molecule has 0 aliphatic heterocycles. The predicted molar refractivity (Wildman–Crippen MR) is 116 cm³/mol. The Morgan fingerprint density at radius 3 is 2.25 bits per heavy atom. The maximum Gasteiger partial charge on any atom is 0.337 e. The lowest BCUT2D eigenvalue weighted by Gasteiger charge is -2.20. The number of ether oxygens (including phenoxy) is 2. The lowest BCUT2D eigenvalue weighted by Crippen LogP contribution is -2.30. The summed E-state index contributed by atoms with van der Waals surface area (Å²) in [6.45, 7) is 5.63. The third-order valence-electron chi connectivity index (χ3n) is 4.48. The summed E-state index contributed by atoms with van der Waals surface area (Å²) in [4.78, 5) is 10.8. The molecule has 0 radical (unpaired) electrons. The van der Waals surface area contributed by atoms with E-state index in [4.69, 9.17) is 4.74 Å². The number of nitrogens with zero attached hydrogens (tertiary/aromatic N) is 1. The van der Waals surface area contributed by atoms with Crippen molar-refractivity contribution in [2.24, 2.45) is 0 Å². The van der Waals surface area contributed by atoms with E-state index in [0.717, 1.165) is 31.4 Å². The van der Waals surface area contributed by atoms with E-state index in [2.05, 4.69) is 9.46 Å². The summed E-state index contributed by atoms with van der Waals surface area (Å²) >= 11 is 0. The summed E-state index contributed by atoms with van der Waals surface area (Å²) in [6.07, 6.45) is 0. The molecule has 176 valence electrons. The number of sulfonamides is 2. The topological polar surface area (TPSA) is 119 Å². The molecule has 0 spiro atoms. The second-order valence-corrected chi connectivity index (χ2v) is 10.0. The number of methoxy groups -OCH3 is 1. The summed E-state index contributed by atoms with van der Waals surface area (Å²) in [6, 6.07) is 6.47. The Morgan fingerprint density at radius 2 is 1.69 bits per heavy atom. The van der Waals surface area contributed by atoms with Crippen molar-refractivity contribution in [1.82, 2.24) is 4.31 Å². The lowest BCUT2D eigenvalue weighted by molar-refractivity contribution is 0.0600. The van der Waals surface area contributed by atoms with Gasteiger partial charge in [-0.15, -0.1) is 0 Å². The van der Waals surface area contributed by atoms with Gasteiger partial charge in [0.15, 0.2) is 0 Å². The SMILES string of the molecule is CCOc1ccc(S(=O)(=O)N(CC)CC)cc1NS(=O)(=O)c1cc(C(=O)OC)ccc1F. The Kier molecular flexibility index (Phi) is 8.21. The number of carbonyl (C=O) groups is 1. The van der Waals surface area contributed by atoms with Gasteiger partial charge in [0.2, 0.25) is 10.0 Å². The number of carbonyl (C=O) groups excluding carboxylic acids is 1. The van der Waals surface area contributed by atoms with Crippen LogP contribution < -0.4 is 9.46 Å². The van der Waals surface area contributed by atoms with Crippen molar-refractivity contribution in [3.05, 3.63) is 47.8 Å². The molecule has 0 aliphatic carbocycles. The second kappa shape index (κ2) is 10.3. The number of hydrogen-bond acceptors (Lipinski definition) is 7. The van der Waals surface area contributed by atoms with Crippen molar-refractivity contribution >= 4 is 31.7 Å². The number of nitrogens with one attached hydrogen (secondary N) is 1. The molecular weight excluding hydrogens is 463 g/mol. The van der Waals surface area contributed by atoms with Crippen LogP contribution in [0, 0.1) is 5.82 Å². The number of hydrogen-bond donors (Lipinski definition) is 1. The summed E-state index contributed by atoms with van der Waals surface area (Å²) in [7, 11) is -7.36. The zero-order valence-electron chi connectivity index (χ0n) is 18.1. The van der Waals surface area contributed by atoms with Gasteiger partial charge in [0.25, 0.3) is 10.0 Å². The van der Waals surface area contributed by atoms with Crippen LogP contribution in [0.5, 0.6) is 5.75 Å². The molecular formula is C20H25FN2O7S2. The first-order valence-electron chi connectivity index (χ1n) is 9.69. The minimum absolute atomic E-state index is 0.0547. The minimum atomic E-state index is -4.56. The fourth-order valence-electron chi connectivity index (χ4n) is 2.90. The highest BCUT2D eigenvalue weighted by Crippen LogP contribution is 2.32. The van der Waals surface area contributed by atoms with E-state index in [1.807, 2.05) is 0 Å². The van der Waals surface area contributed by atoms with Crippen LogP contribution >= 0.6 is 0 Å². The molecule has 2 aromatic rings. The molecule has 32 heavy (non-hydrogen) atoms. The Balaban J connectivity index is 2.58. The summed E-state index contributed by atoms with van der Waals surface area (Å²) in [5, 5.41) is 0. The zero-order chi connectivity index (χ0) is 24.1. The molecule has 9 nitrogen and oxygen atoms in total. The van der Waals surface area contributed by atoms with Gasteiger partial charge < -0.3 is 9.47 Å². The molecule has 0 unspecified atom stereocenters. The number of halogens is 1. The van der Waals surface area contributed by atoms with Crippen molar-refractivity contribution in [2.45, 2.75) is 30.6 Å². The number of esters is 1. The highest BCUT2D eigenvalue weighted by molar-refractivity contribution is 7.92. The average Bonchev–Trinajstić information content (AvgIpc) is 2.75. The van der Waals surface area contributed by atoms with E-state index in [-0.39, 0.29) is 41.6 Å². The quantitative estimate of drug-likeness (QED) is 0.511. The zero-order valence-corrected chi connectivity index (χ0v) is 19.7. The molecule has 0 heterocycles. The first-order chi connectivity index (χ1) is 15.0. The monoisotopic (exact) mass is 488 g/mol. The molecule has 0 aromatic heterocycles. The number of benzene rings is 2. The van der Waals surface area contributed by atoms with Crippen molar-refractivity contribution in [2.75, 3.05) is 31.5 Å². The fourth-order valence-corrected chi connectivity index (χ4v) is 5.55. The molecule has 0 bridgehead atoms. The van der Waals surface area contributed by atoms with E-state index >= 15 is 0 Å². The van der Waals surface area contributed by atoms with E-state index in [9.17, 15) is 26.0 Å². The molecule has 0 atom stereocenters. The van der Waals surface area contributed by atoms with Crippen molar-refractivity contribution in [3.63, 3.8) is 0 Å². The van der Waals surface area contributed by atoms with Gasteiger partial charge in [0.05, 0.1) is 29.9 Å². The van der Waals surface area contributed by atoms with Gasteiger partial charge in [-0.25, -0.2) is 26.0 Å². The second-order valence-electron chi connectivity index (χ2n) is 6.42. The van der Waals surface area contributed by atoms with Crippen LogP contribution in [-0.2, 0) is 24.8 Å². The largest absolute Gasteiger partial charge is 0.492 e. The first kappa shape index (κ1) is 25.6. The third kappa shape index (κ3) is 5.37. The van der Waals surface area contributed by atoms with Crippen molar-refractivity contribution < 1.29 is 35.5 Å². The lowest BCUT2D eigenvalue weighted by atomic mass is 10.2. The van der Waals surface area contributed by atoms with Crippen LogP contribution in [0.25, 0.3) is 0 Å². The third-order valence-corrected chi connectivity index (χ3v) is 7.91. The maximum absolute atomic E-state index is 14.3. The summed E-state index contributed by atoms with van der Waals surface area (Å²) in [5.41, 5.74) is -0.361. The fraction of sp³-hybridized carbons (Fsp3) is 0.350. The molecule has 12 heteroatoms. The average molecular weight is 489 g/mol. The van der Waals surface area contributed by atoms with Crippen LogP contribution in [0.1, 0.15) is 31.1 Å². The van der Waals surface area contributed by atoms with Crippen LogP contribution in [0.3, 0.4) is 0 Å². The molecule has 0 saturated heterocycles. The van der Waals surface area contributed by atoms with Crippen LogP contribution in [-0.4, -0.2) is 53.9 Å². The van der Waals surface area contributed by atoms with Gasteiger partial charge in [0, 0.05) is 13.1 Å². The van der Waals surface area contributed by atoms with E-state index in [1.54, 1.807) is 20.8 Å². The Bertz CT molecular complexity index is 1190. The molecule has 0 aliphatic rings. The summed E-state index contributed by atoms with van der Waals surface area (Å²) in [5.74, 6) is -1.89. The van der Waals surface area contributed by atoms with E-state index in [1.165, 1.54) is 16.4 Å². The van der Waals surface area contributed by atoms with Gasteiger partial charge in [0.1, 0.15) is 16.5 Å². The Labute approximate surface area is 187 Å². The molecule has 0 amide bonds. The minimum Gasteiger partial charge on any atom is -0.492 e. The first-order valence-corrected chi connectivity index (χ1v) is 12.6. The van der Waals surface area contributed by atoms with Crippen LogP contribution in [0.4, 0.5) is 10.1 Å². The Morgan fingerprint density at radius 1 is 1.03 bits per heavy atom. The standard InChI is InChI=1S/C20H25FN2O7S2/c1-5-23(6-2)32(27,28)15-9-11-18(30-7-3)17(13-15)22-31(25,26)19-12-14(20(24)29-4)8-10-16(19)21/h8-13,22H,5-7H2,1-4H3. The highest BCUT2D eigenvalue weighted by atomic mass is 32.2. The highest BCUT2D eigenvalue weighted by Gasteiger charge is 2.26. The molecule has 0 saturated carbocycles. The van der Waals surface area contributed by atoms with Crippen LogP contribution in [0.15, 0.2) is 46.2 Å².